The summed E-state index contributed by atoms with van der Waals surface area (Å²) in [6.45, 7) is 5.24. The molecule has 3 heteroatoms. The van der Waals surface area contributed by atoms with Crippen LogP contribution in [0.5, 0.6) is 5.75 Å². The van der Waals surface area contributed by atoms with E-state index in [-0.39, 0.29) is 0 Å². The maximum Gasteiger partial charge on any atom is 0.115 e. The molecule has 1 aliphatic rings. The van der Waals surface area contributed by atoms with Gasteiger partial charge in [-0.05, 0) is 62.1 Å². The molecular weight excluding hydrogens is 260 g/mol. The van der Waals surface area contributed by atoms with Gasteiger partial charge in [0.15, 0.2) is 0 Å². The number of aromatic nitrogens is 1. The highest BCUT2D eigenvalue weighted by molar-refractivity contribution is 5.27. The third kappa shape index (κ3) is 3.82. The topological polar surface area (TPSA) is 36.4 Å². The van der Waals surface area contributed by atoms with Gasteiger partial charge < -0.3 is 5.11 Å². The molecule has 1 unspecified atom stereocenters. The van der Waals surface area contributed by atoms with Crippen LogP contribution in [0.3, 0.4) is 0 Å². The lowest BCUT2D eigenvalue weighted by Crippen LogP contribution is -2.21. The maximum atomic E-state index is 9.54. The van der Waals surface area contributed by atoms with Crippen molar-refractivity contribution in [1.29, 1.82) is 0 Å². The van der Waals surface area contributed by atoms with Crippen molar-refractivity contribution in [2.24, 2.45) is 5.92 Å². The first-order chi connectivity index (χ1) is 10.2. The number of aromatic hydroxyl groups is 1. The van der Waals surface area contributed by atoms with E-state index >= 15 is 0 Å². The Morgan fingerprint density at radius 2 is 2.10 bits per heavy atom. The zero-order valence-corrected chi connectivity index (χ0v) is 12.5. The van der Waals surface area contributed by atoms with Gasteiger partial charge in [-0.2, -0.15) is 0 Å². The fourth-order valence-corrected chi connectivity index (χ4v) is 3.16. The first-order valence-corrected chi connectivity index (χ1v) is 7.62. The van der Waals surface area contributed by atoms with Gasteiger partial charge >= 0.3 is 0 Å². The number of nitrogens with zero attached hydrogens (tertiary/aromatic N) is 2. The summed E-state index contributed by atoms with van der Waals surface area (Å²) in [6, 6.07) is 13.9. The minimum Gasteiger partial charge on any atom is -0.508 e. The second-order valence-corrected chi connectivity index (χ2v) is 6.03. The van der Waals surface area contributed by atoms with Crippen molar-refractivity contribution in [3.05, 3.63) is 59.4 Å². The summed E-state index contributed by atoms with van der Waals surface area (Å²) in [5.41, 5.74) is 3.48. The summed E-state index contributed by atoms with van der Waals surface area (Å²) in [7, 11) is 0. The molecule has 0 spiro atoms. The molecule has 0 bridgehead atoms. The number of pyridine rings is 1. The van der Waals surface area contributed by atoms with E-state index < -0.39 is 0 Å². The van der Waals surface area contributed by atoms with Gasteiger partial charge in [-0.25, -0.2) is 0 Å². The smallest absolute Gasteiger partial charge is 0.115 e. The lowest BCUT2D eigenvalue weighted by molar-refractivity contribution is 0.312. The van der Waals surface area contributed by atoms with Gasteiger partial charge in [0.2, 0.25) is 0 Å². The molecule has 1 aromatic carbocycles. The number of benzene rings is 1. The highest BCUT2D eigenvalue weighted by Crippen LogP contribution is 2.23. The van der Waals surface area contributed by atoms with Crippen molar-refractivity contribution in [2.75, 3.05) is 13.1 Å². The molecule has 21 heavy (non-hydrogen) atoms. The Morgan fingerprint density at radius 1 is 1.24 bits per heavy atom. The zero-order chi connectivity index (χ0) is 14.7. The van der Waals surface area contributed by atoms with Gasteiger partial charge in [-0.15, -0.1) is 0 Å². The van der Waals surface area contributed by atoms with Crippen LogP contribution < -0.4 is 0 Å². The van der Waals surface area contributed by atoms with Crippen molar-refractivity contribution in [3.8, 4) is 5.75 Å². The Kier molecular flexibility index (Phi) is 4.20. The SMILES string of the molecule is Cc1cccc(CN2CCC(Cc3cccc(O)c3)C2)n1. The summed E-state index contributed by atoms with van der Waals surface area (Å²) >= 11 is 0. The average molecular weight is 282 g/mol. The zero-order valence-electron chi connectivity index (χ0n) is 12.5. The largest absolute Gasteiger partial charge is 0.508 e. The summed E-state index contributed by atoms with van der Waals surface area (Å²) < 4.78 is 0. The molecule has 3 rings (SSSR count). The lowest BCUT2D eigenvalue weighted by atomic mass is 9.98. The van der Waals surface area contributed by atoms with Gasteiger partial charge in [-0.3, -0.25) is 9.88 Å². The van der Waals surface area contributed by atoms with Crippen molar-refractivity contribution in [3.63, 3.8) is 0 Å². The molecule has 1 saturated heterocycles. The summed E-state index contributed by atoms with van der Waals surface area (Å²) in [5.74, 6) is 1.04. The number of rotatable bonds is 4. The first-order valence-electron chi connectivity index (χ1n) is 7.62. The quantitative estimate of drug-likeness (QED) is 0.936. The van der Waals surface area contributed by atoms with Crippen LogP contribution in [-0.4, -0.2) is 28.1 Å². The molecule has 0 radical (unpaired) electrons. The van der Waals surface area contributed by atoms with Crippen molar-refractivity contribution < 1.29 is 5.11 Å². The third-order valence-electron chi connectivity index (χ3n) is 4.14. The number of likely N-dealkylation sites (tertiary alicyclic amines) is 1. The molecule has 1 fully saturated rings. The van der Waals surface area contributed by atoms with Gasteiger partial charge in [0.25, 0.3) is 0 Å². The Hall–Kier alpha value is -1.87. The molecule has 110 valence electrons. The Bertz CT molecular complexity index is 558. The standard InChI is InChI=1S/C18H22N2O/c1-14-4-2-6-17(19-14)13-20-9-8-16(12-20)10-15-5-3-7-18(21)11-15/h2-7,11,16,21H,8-10,12-13H2,1H3. The fraction of sp³-hybridized carbons (Fsp3) is 0.389. The summed E-state index contributed by atoms with van der Waals surface area (Å²) in [5, 5.41) is 9.54. The van der Waals surface area contributed by atoms with E-state index in [9.17, 15) is 5.11 Å². The fourth-order valence-electron chi connectivity index (χ4n) is 3.16. The van der Waals surface area contributed by atoms with Crippen LogP contribution in [0.2, 0.25) is 0 Å². The predicted octanol–water partition coefficient (Wildman–Crippen LogP) is 3.16. The van der Waals surface area contributed by atoms with E-state index in [4.69, 9.17) is 0 Å². The van der Waals surface area contributed by atoms with Crippen LogP contribution in [0.25, 0.3) is 0 Å². The Balaban J connectivity index is 1.56. The van der Waals surface area contributed by atoms with Gasteiger partial charge in [-0.1, -0.05) is 18.2 Å². The van der Waals surface area contributed by atoms with Gasteiger partial charge in [0.1, 0.15) is 5.75 Å². The van der Waals surface area contributed by atoms with Gasteiger partial charge in [0.05, 0.1) is 5.69 Å². The highest BCUT2D eigenvalue weighted by atomic mass is 16.3. The molecule has 2 aromatic rings. The van der Waals surface area contributed by atoms with E-state index in [2.05, 4.69) is 28.1 Å². The molecule has 3 nitrogen and oxygen atoms in total. The normalized spacial score (nSPS) is 19.0. The first kappa shape index (κ1) is 14.1. The molecule has 1 atom stereocenters. The average Bonchev–Trinajstić information content (AvgIpc) is 2.86. The van der Waals surface area contributed by atoms with E-state index in [1.54, 1.807) is 6.07 Å². The number of phenolic OH excluding ortho intramolecular Hbond substituents is 1. The lowest BCUT2D eigenvalue weighted by Gasteiger charge is -2.16. The second-order valence-electron chi connectivity index (χ2n) is 6.03. The van der Waals surface area contributed by atoms with Crippen LogP contribution in [0.4, 0.5) is 0 Å². The third-order valence-corrected chi connectivity index (χ3v) is 4.14. The highest BCUT2D eigenvalue weighted by Gasteiger charge is 2.23. The van der Waals surface area contributed by atoms with Crippen LogP contribution >= 0.6 is 0 Å². The monoisotopic (exact) mass is 282 g/mol. The van der Waals surface area contributed by atoms with E-state index in [1.807, 2.05) is 25.1 Å². The summed E-state index contributed by atoms with van der Waals surface area (Å²) in [4.78, 5) is 7.06. The number of hydrogen-bond acceptors (Lipinski definition) is 3. The van der Waals surface area contributed by atoms with Crippen LogP contribution in [0.1, 0.15) is 23.4 Å². The van der Waals surface area contributed by atoms with Crippen LogP contribution in [-0.2, 0) is 13.0 Å². The predicted molar refractivity (Wildman–Crippen MR) is 84.2 cm³/mol. The molecule has 2 heterocycles. The molecule has 1 N–H and O–H groups in total. The molecule has 1 aliphatic heterocycles. The van der Waals surface area contributed by atoms with Crippen molar-refractivity contribution >= 4 is 0 Å². The number of aryl methyl sites for hydroxylation is 1. The summed E-state index contributed by atoms with van der Waals surface area (Å²) in [6.07, 6.45) is 2.27. The van der Waals surface area contributed by atoms with Crippen LogP contribution in [0.15, 0.2) is 42.5 Å². The molecule has 0 saturated carbocycles. The van der Waals surface area contributed by atoms with Crippen LogP contribution in [0, 0.1) is 12.8 Å². The minimum atomic E-state index is 0.367. The molecule has 0 amide bonds. The van der Waals surface area contributed by atoms with E-state index in [0.717, 1.165) is 37.4 Å². The van der Waals surface area contributed by atoms with Gasteiger partial charge in [0, 0.05) is 18.8 Å². The molecule has 0 aliphatic carbocycles. The molecular formula is C18H22N2O. The minimum absolute atomic E-state index is 0.367. The van der Waals surface area contributed by atoms with E-state index in [0.29, 0.717) is 11.7 Å². The van der Waals surface area contributed by atoms with Crippen molar-refractivity contribution in [2.45, 2.75) is 26.3 Å². The number of phenols is 1. The maximum absolute atomic E-state index is 9.54. The Labute approximate surface area is 126 Å². The Morgan fingerprint density at radius 3 is 2.90 bits per heavy atom. The van der Waals surface area contributed by atoms with Crippen molar-refractivity contribution in [1.82, 2.24) is 9.88 Å². The molecule has 1 aromatic heterocycles. The van der Waals surface area contributed by atoms with E-state index in [1.165, 1.54) is 12.0 Å². The number of hydrogen-bond donors (Lipinski definition) is 1. The second kappa shape index (κ2) is 6.27.